The fraction of sp³-hybridized carbons (Fsp3) is 0.286. The Balaban J connectivity index is 1.78. The third-order valence-corrected chi connectivity index (χ3v) is 4.82. The molecular formula is C21H23N5O2. The van der Waals surface area contributed by atoms with E-state index in [-0.39, 0.29) is 11.9 Å². The molecule has 7 heteroatoms. The Kier molecular flexibility index (Phi) is 4.73. The average Bonchev–Trinajstić information content (AvgIpc) is 3.52. The number of ether oxygens (including phenoxy) is 1. The topological polar surface area (TPSA) is 102 Å². The van der Waals surface area contributed by atoms with E-state index in [4.69, 9.17) is 10.5 Å². The molecule has 0 saturated heterocycles. The van der Waals surface area contributed by atoms with Crippen LogP contribution in [0.25, 0.3) is 22.0 Å². The zero-order chi connectivity index (χ0) is 19.7. The molecule has 0 spiro atoms. The lowest BCUT2D eigenvalue weighted by atomic mass is 10.0. The van der Waals surface area contributed by atoms with Gasteiger partial charge in [-0.1, -0.05) is 0 Å². The summed E-state index contributed by atoms with van der Waals surface area (Å²) in [5, 5.41) is 6.86. The molecule has 4 rings (SSSR count). The summed E-state index contributed by atoms with van der Waals surface area (Å²) in [6, 6.07) is 7.90. The highest BCUT2D eigenvalue weighted by atomic mass is 16.5. The summed E-state index contributed by atoms with van der Waals surface area (Å²) in [6.45, 7) is 2.83. The zero-order valence-electron chi connectivity index (χ0n) is 16.0. The van der Waals surface area contributed by atoms with Crippen LogP contribution in [0.4, 0.5) is 11.5 Å². The van der Waals surface area contributed by atoms with Crippen molar-refractivity contribution in [2.24, 2.45) is 0 Å². The minimum Gasteiger partial charge on any atom is -0.496 e. The number of carbonyl (C=O) groups excluding carboxylic acids is 1. The molecule has 4 N–H and O–H groups in total. The number of nitrogens with one attached hydrogen (secondary N) is 2. The molecular weight excluding hydrogens is 354 g/mol. The molecule has 0 unspecified atom stereocenters. The van der Waals surface area contributed by atoms with E-state index in [1.54, 1.807) is 13.3 Å². The third kappa shape index (κ3) is 3.43. The van der Waals surface area contributed by atoms with Crippen LogP contribution in [0.2, 0.25) is 0 Å². The van der Waals surface area contributed by atoms with Gasteiger partial charge in [0.15, 0.2) is 0 Å². The van der Waals surface area contributed by atoms with E-state index < -0.39 is 0 Å². The number of hydrogen-bond donors (Lipinski definition) is 3. The Labute approximate surface area is 163 Å². The number of methoxy groups -OCH3 is 1. The third-order valence-electron chi connectivity index (χ3n) is 4.82. The largest absolute Gasteiger partial charge is 0.496 e. The van der Waals surface area contributed by atoms with E-state index in [0.717, 1.165) is 41.7 Å². The maximum Gasteiger partial charge on any atom is 0.255 e. The van der Waals surface area contributed by atoms with Crippen LogP contribution in [0.3, 0.4) is 0 Å². The van der Waals surface area contributed by atoms with Crippen LogP contribution in [-0.2, 0) is 0 Å². The van der Waals surface area contributed by atoms with Gasteiger partial charge in [0.2, 0.25) is 0 Å². The SMILES string of the molecule is CCNc1ccc(-c2cc3c(N)c(C(=O)NC4CC4)cnc3cc2OC)cn1. The highest BCUT2D eigenvalue weighted by Crippen LogP contribution is 2.36. The number of hydrogen-bond acceptors (Lipinski definition) is 6. The summed E-state index contributed by atoms with van der Waals surface area (Å²) in [5.74, 6) is 1.31. The van der Waals surface area contributed by atoms with Crippen LogP contribution in [0, 0.1) is 0 Å². The van der Waals surface area contributed by atoms with Crippen molar-refractivity contribution in [1.82, 2.24) is 15.3 Å². The molecule has 2 aromatic heterocycles. The average molecular weight is 377 g/mol. The number of nitrogens with two attached hydrogens (primary N) is 1. The second-order valence-electron chi connectivity index (χ2n) is 6.87. The normalized spacial score (nSPS) is 13.4. The lowest BCUT2D eigenvalue weighted by Crippen LogP contribution is -2.26. The Morgan fingerprint density at radius 3 is 2.71 bits per heavy atom. The van der Waals surface area contributed by atoms with Gasteiger partial charge in [-0.05, 0) is 38.0 Å². The van der Waals surface area contributed by atoms with Gasteiger partial charge in [-0.2, -0.15) is 0 Å². The van der Waals surface area contributed by atoms with Crippen LogP contribution in [0.15, 0.2) is 36.7 Å². The van der Waals surface area contributed by atoms with Crippen molar-refractivity contribution < 1.29 is 9.53 Å². The van der Waals surface area contributed by atoms with Gasteiger partial charge in [0.25, 0.3) is 5.91 Å². The van der Waals surface area contributed by atoms with Crippen LogP contribution < -0.4 is 21.1 Å². The lowest BCUT2D eigenvalue weighted by molar-refractivity contribution is 0.0952. The molecule has 0 aliphatic heterocycles. The minimum atomic E-state index is -0.177. The van der Waals surface area contributed by atoms with E-state index in [1.807, 2.05) is 31.2 Å². The molecule has 1 amide bonds. The molecule has 0 radical (unpaired) electrons. The second kappa shape index (κ2) is 7.34. The monoisotopic (exact) mass is 377 g/mol. The molecule has 7 nitrogen and oxygen atoms in total. The molecule has 1 aliphatic carbocycles. The maximum absolute atomic E-state index is 12.5. The number of aromatic nitrogens is 2. The molecule has 2 heterocycles. The smallest absolute Gasteiger partial charge is 0.255 e. The second-order valence-corrected chi connectivity index (χ2v) is 6.87. The van der Waals surface area contributed by atoms with Gasteiger partial charge in [0.05, 0.1) is 23.9 Å². The molecule has 1 saturated carbocycles. The number of fused-ring (bicyclic) bond motifs is 1. The quantitative estimate of drug-likeness (QED) is 0.610. The summed E-state index contributed by atoms with van der Waals surface area (Å²) < 4.78 is 5.56. The minimum absolute atomic E-state index is 0.177. The fourth-order valence-corrected chi connectivity index (χ4v) is 3.15. The Morgan fingerprint density at radius 2 is 2.07 bits per heavy atom. The van der Waals surface area contributed by atoms with Crippen molar-refractivity contribution >= 4 is 28.3 Å². The van der Waals surface area contributed by atoms with E-state index in [2.05, 4.69) is 20.6 Å². The number of rotatable bonds is 6. The summed E-state index contributed by atoms with van der Waals surface area (Å²) in [4.78, 5) is 21.3. The standard InChI is InChI=1S/C21H23N5O2/c1-3-23-19-7-4-12(10-25-19)14-8-15-17(9-18(14)28-2)24-11-16(20(15)22)21(27)26-13-5-6-13/h4,7-11,13H,3,5-6H2,1-2H3,(H2,22,24)(H,23,25)(H,26,27). The summed E-state index contributed by atoms with van der Waals surface area (Å²) in [6.07, 6.45) is 5.35. The summed E-state index contributed by atoms with van der Waals surface area (Å²) >= 11 is 0. The van der Waals surface area contributed by atoms with Gasteiger partial charge in [0, 0.05) is 47.6 Å². The van der Waals surface area contributed by atoms with Crippen molar-refractivity contribution in [2.45, 2.75) is 25.8 Å². The molecule has 144 valence electrons. The number of pyridine rings is 2. The van der Waals surface area contributed by atoms with E-state index in [0.29, 0.717) is 22.5 Å². The number of amides is 1. The van der Waals surface area contributed by atoms with Gasteiger partial charge < -0.3 is 21.1 Å². The van der Waals surface area contributed by atoms with Crippen LogP contribution in [0.1, 0.15) is 30.1 Å². The van der Waals surface area contributed by atoms with Crippen molar-refractivity contribution in [1.29, 1.82) is 0 Å². The first-order valence-corrected chi connectivity index (χ1v) is 9.38. The highest BCUT2D eigenvalue weighted by Gasteiger charge is 2.25. The van der Waals surface area contributed by atoms with E-state index >= 15 is 0 Å². The van der Waals surface area contributed by atoms with Crippen molar-refractivity contribution in [3.8, 4) is 16.9 Å². The van der Waals surface area contributed by atoms with Crippen molar-refractivity contribution in [3.05, 3.63) is 42.2 Å². The fourth-order valence-electron chi connectivity index (χ4n) is 3.15. The van der Waals surface area contributed by atoms with Crippen LogP contribution in [0.5, 0.6) is 5.75 Å². The summed E-state index contributed by atoms with van der Waals surface area (Å²) in [5.41, 5.74) is 9.59. The Hall–Kier alpha value is -3.35. The van der Waals surface area contributed by atoms with Gasteiger partial charge in [-0.25, -0.2) is 4.98 Å². The Morgan fingerprint density at radius 1 is 1.25 bits per heavy atom. The molecule has 28 heavy (non-hydrogen) atoms. The zero-order valence-corrected chi connectivity index (χ0v) is 16.0. The van der Waals surface area contributed by atoms with Gasteiger partial charge in [0.1, 0.15) is 11.6 Å². The highest BCUT2D eigenvalue weighted by molar-refractivity contribution is 6.07. The lowest BCUT2D eigenvalue weighted by Gasteiger charge is -2.14. The molecule has 1 aromatic carbocycles. The maximum atomic E-state index is 12.5. The van der Waals surface area contributed by atoms with E-state index in [9.17, 15) is 4.79 Å². The van der Waals surface area contributed by atoms with Gasteiger partial charge >= 0.3 is 0 Å². The molecule has 1 fully saturated rings. The first-order chi connectivity index (χ1) is 13.6. The Bertz CT molecular complexity index is 1030. The van der Waals surface area contributed by atoms with Crippen LogP contribution in [-0.4, -0.2) is 35.6 Å². The van der Waals surface area contributed by atoms with E-state index in [1.165, 1.54) is 6.20 Å². The molecule has 3 aromatic rings. The van der Waals surface area contributed by atoms with Crippen molar-refractivity contribution in [3.63, 3.8) is 0 Å². The number of carbonyl (C=O) groups is 1. The molecule has 0 atom stereocenters. The van der Waals surface area contributed by atoms with Crippen LogP contribution >= 0.6 is 0 Å². The molecule has 0 bridgehead atoms. The number of nitrogens with zero attached hydrogens (tertiary/aromatic N) is 2. The first kappa shape index (κ1) is 18.0. The number of benzene rings is 1. The van der Waals surface area contributed by atoms with Gasteiger partial charge in [-0.3, -0.25) is 9.78 Å². The molecule has 1 aliphatic rings. The first-order valence-electron chi connectivity index (χ1n) is 9.38. The summed E-state index contributed by atoms with van der Waals surface area (Å²) in [7, 11) is 1.62. The predicted molar refractivity (Wildman–Crippen MR) is 111 cm³/mol. The number of nitrogen functional groups attached to an aromatic ring is 1. The number of anilines is 2. The van der Waals surface area contributed by atoms with Crippen molar-refractivity contribution in [2.75, 3.05) is 24.7 Å². The predicted octanol–water partition coefficient (Wildman–Crippen LogP) is 3.21. The van der Waals surface area contributed by atoms with Gasteiger partial charge in [-0.15, -0.1) is 0 Å².